The minimum atomic E-state index is -4.34. The van der Waals surface area contributed by atoms with E-state index in [1.807, 2.05) is 13.2 Å². The molecule has 18 heavy (non-hydrogen) atoms. The number of rotatable bonds is 5. The Labute approximate surface area is 118 Å². The molecular formula is C12H15BrF3NS. The Morgan fingerprint density at radius 3 is 2.56 bits per heavy atom. The third-order valence-corrected chi connectivity index (χ3v) is 3.74. The first kappa shape index (κ1) is 15.7. The number of hydrogen-bond donors (Lipinski definition) is 1. The quantitative estimate of drug-likeness (QED) is 0.806. The molecule has 0 aromatic heterocycles. The van der Waals surface area contributed by atoms with E-state index in [2.05, 4.69) is 21.2 Å². The lowest BCUT2D eigenvalue weighted by Gasteiger charge is -2.21. The number of anilines is 1. The lowest BCUT2D eigenvalue weighted by Crippen LogP contribution is -2.23. The lowest BCUT2D eigenvalue weighted by atomic mass is 10.1. The Balaban J connectivity index is 3.01. The molecule has 1 unspecified atom stereocenters. The third-order valence-electron chi connectivity index (χ3n) is 2.51. The summed E-state index contributed by atoms with van der Waals surface area (Å²) < 4.78 is 39.1. The van der Waals surface area contributed by atoms with E-state index in [0.717, 1.165) is 18.2 Å². The van der Waals surface area contributed by atoms with Gasteiger partial charge < -0.3 is 5.32 Å². The maximum absolute atomic E-state index is 12.9. The van der Waals surface area contributed by atoms with E-state index in [1.165, 1.54) is 6.07 Å². The Morgan fingerprint density at radius 1 is 1.39 bits per heavy atom. The molecule has 1 nitrogen and oxygen atoms in total. The van der Waals surface area contributed by atoms with Gasteiger partial charge in [-0.25, -0.2) is 0 Å². The average molecular weight is 342 g/mol. The van der Waals surface area contributed by atoms with Gasteiger partial charge in [-0.15, -0.1) is 0 Å². The number of alkyl halides is 3. The molecule has 6 heteroatoms. The van der Waals surface area contributed by atoms with Crippen molar-refractivity contribution in [2.24, 2.45) is 0 Å². The van der Waals surface area contributed by atoms with Crippen molar-refractivity contribution >= 4 is 33.4 Å². The van der Waals surface area contributed by atoms with Crippen LogP contribution in [0.25, 0.3) is 0 Å². The summed E-state index contributed by atoms with van der Waals surface area (Å²) in [6.45, 7) is 1.96. The SMILES string of the molecule is CCC(CSC)Nc1ccc(Br)cc1C(F)(F)F. The van der Waals surface area contributed by atoms with Crippen LogP contribution in [-0.4, -0.2) is 18.1 Å². The van der Waals surface area contributed by atoms with Crippen molar-refractivity contribution in [3.63, 3.8) is 0 Å². The molecule has 0 saturated carbocycles. The van der Waals surface area contributed by atoms with Gasteiger partial charge in [-0.1, -0.05) is 22.9 Å². The third kappa shape index (κ3) is 4.39. The summed E-state index contributed by atoms with van der Waals surface area (Å²) in [5.41, 5.74) is -0.483. The van der Waals surface area contributed by atoms with Gasteiger partial charge in [-0.05, 0) is 30.9 Å². The Hall–Kier alpha value is -0.360. The highest BCUT2D eigenvalue weighted by Crippen LogP contribution is 2.37. The Bertz CT molecular complexity index is 395. The van der Waals surface area contributed by atoms with Gasteiger partial charge >= 0.3 is 6.18 Å². The Kier molecular flexibility index (Phi) is 5.85. The summed E-state index contributed by atoms with van der Waals surface area (Å²) in [5.74, 6) is 0.782. The van der Waals surface area contributed by atoms with Crippen molar-refractivity contribution < 1.29 is 13.2 Å². The molecule has 0 amide bonds. The second-order valence-electron chi connectivity index (χ2n) is 3.89. The van der Waals surface area contributed by atoms with Gasteiger partial charge in [0.05, 0.1) is 5.56 Å². The van der Waals surface area contributed by atoms with E-state index in [1.54, 1.807) is 17.8 Å². The maximum atomic E-state index is 12.9. The molecule has 0 heterocycles. The number of hydrogen-bond acceptors (Lipinski definition) is 2. The fraction of sp³-hybridized carbons (Fsp3) is 0.500. The van der Waals surface area contributed by atoms with Gasteiger partial charge in [0.2, 0.25) is 0 Å². The predicted molar refractivity (Wildman–Crippen MR) is 75.2 cm³/mol. The van der Waals surface area contributed by atoms with Gasteiger partial charge in [0.15, 0.2) is 0 Å². The summed E-state index contributed by atoms with van der Waals surface area (Å²) in [4.78, 5) is 0. The van der Waals surface area contributed by atoms with Crippen molar-refractivity contribution in [3.05, 3.63) is 28.2 Å². The monoisotopic (exact) mass is 341 g/mol. The molecule has 0 saturated heterocycles. The largest absolute Gasteiger partial charge is 0.418 e. The van der Waals surface area contributed by atoms with Crippen LogP contribution in [0.2, 0.25) is 0 Å². The van der Waals surface area contributed by atoms with Crippen LogP contribution in [0.1, 0.15) is 18.9 Å². The van der Waals surface area contributed by atoms with Crippen LogP contribution in [0.5, 0.6) is 0 Å². The van der Waals surface area contributed by atoms with Crippen LogP contribution in [0.4, 0.5) is 18.9 Å². The first-order valence-electron chi connectivity index (χ1n) is 5.50. The second kappa shape index (κ2) is 6.70. The molecule has 0 aliphatic carbocycles. The normalized spacial score (nSPS) is 13.4. The predicted octanol–water partition coefficient (Wildman–Crippen LogP) is 5.02. The molecule has 102 valence electrons. The van der Waals surface area contributed by atoms with Crippen molar-refractivity contribution in [1.82, 2.24) is 0 Å². The van der Waals surface area contributed by atoms with E-state index in [-0.39, 0.29) is 11.7 Å². The minimum Gasteiger partial charge on any atom is -0.381 e. The highest BCUT2D eigenvalue weighted by Gasteiger charge is 2.34. The molecular weight excluding hydrogens is 327 g/mol. The number of thioether (sulfide) groups is 1. The van der Waals surface area contributed by atoms with E-state index in [0.29, 0.717) is 4.47 Å². The second-order valence-corrected chi connectivity index (χ2v) is 5.72. The molecule has 1 aromatic carbocycles. The van der Waals surface area contributed by atoms with E-state index < -0.39 is 11.7 Å². The smallest absolute Gasteiger partial charge is 0.381 e. The molecule has 1 atom stereocenters. The number of halogens is 4. The molecule has 0 fully saturated rings. The van der Waals surface area contributed by atoms with Crippen molar-refractivity contribution in [3.8, 4) is 0 Å². The summed E-state index contributed by atoms with van der Waals surface area (Å²) >= 11 is 4.69. The molecule has 0 aliphatic rings. The van der Waals surface area contributed by atoms with Crippen molar-refractivity contribution in [1.29, 1.82) is 0 Å². The summed E-state index contributed by atoms with van der Waals surface area (Å²) in [7, 11) is 0. The molecule has 1 N–H and O–H groups in total. The lowest BCUT2D eigenvalue weighted by molar-refractivity contribution is -0.137. The molecule has 0 aliphatic heterocycles. The minimum absolute atomic E-state index is 0.0438. The van der Waals surface area contributed by atoms with Crippen molar-refractivity contribution in [2.75, 3.05) is 17.3 Å². The highest BCUT2D eigenvalue weighted by atomic mass is 79.9. The first-order chi connectivity index (χ1) is 8.38. The average Bonchev–Trinajstić information content (AvgIpc) is 2.29. The molecule has 0 radical (unpaired) electrons. The zero-order valence-electron chi connectivity index (χ0n) is 10.1. The molecule has 0 spiro atoms. The summed E-state index contributed by atoms with van der Waals surface area (Å²) in [5, 5.41) is 2.97. The van der Waals surface area contributed by atoms with Crippen LogP contribution in [0.3, 0.4) is 0 Å². The van der Waals surface area contributed by atoms with Gasteiger partial charge in [0, 0.05) is 22.0 Å². The standard InChI is InChI=1S/C12H15BrF3NS/c1-3-9(7-18-2)17-11-5-4-8(13)6-10(11)12(14,15)16/h4-6,9,17H,3,7H2,1-2H3. The van der Waals surface area contributed by atoms with Crippen LogP contribution < -0.4 is 5.32 Å². The Morgan fingerprint density at radius 2 is 2.06 bits per heavy atom. The molecule has 1 aromatic rings. The highest BCUT2D eigenvalue weighted by molar-refractivity contribution is 9.10. The number of nitrogens with one attached hydrogen (secondary N) is 1. The van der Waals surface area contributed by atoms with Crippen LogP contribution in [0, 0.1) is 0 Å². The van der Waals surface area contributed by atoms with Gasteiger partial charge in [-0.2, -0.15) is 24.9 Å². The van der Waals surface area contributed by atoms with Crippen molar-refractivity contribution in [2.45, 2.75) is 25.6 Å². The summed E-state index contributed by atoms with van der Waals surface area (Å²) in [6, 6.07) is 4.23. The zero-order chi connectivity index (χ0) is 13.8. The van der Waals surface area contributed by atoms with Gasteiger partial charge in [0.25, 0.3) is 0 Å². The fourth-order valence-electron chi connectivity index (χ4n) is 1.56. The molecule has 1 rings (SSSR count). The van der Waals surface area contributed by atoms with Crippen LogP contribution in [-0.2, 0) is 6.18 Å². The topological polar surface area (TPSA) is 12.0 Å². The number of benzene rings is 1. The van der Waals surface area contributed by atoms with Gasteiger partial charge in [0.1, 0.15) is 0 Å². The van der Waals surface area contributed by atoms with E-state index >= 15 is 0 Å². The van der Waals surface area contributed by atoms with E-state index in [4.69, 9.17) is 0 Å². The zero-order valence-corrected chi connectivity index (χ0v) is 12.5. The van der Waals surface area contributed by atoms with E-state index in [9.17, 15) is 13.2 Å². The summed E-state index contributed by atoms with van der Waals surface area (Å²) in [6.07, 6.45) is -1.62. The maximum Gasteiger partial charge on any atom is 0.418 e. The van der Waals surface area contributed by atoms with Gasteiger partial charge in [-0.3, -0.25) is 0 Å². The van der Waals surface area contributed by atoms with Crippen LogP contribution >= 0.6 is 27.7 Å². The first-order valence-corrected chi connectivity index (χ1v) is 7.69. The van der Waals surface area contributed by atoms with Crippen LogP contribution in [0.15, 0.2) is 22.7 Å². The molecule has 0 bridgehead atoms. The fourth-order valence-corrected chi connectivity index (χ4v) is 2.64.